The summed E-state index contributed by atoms with van der Waals surface area (Å²) in [5.74, 6) is 1.41. The molecule has 0 spiro atoms. The molecule has 1 aromatic carbocycles. The van der Waals surface area contributed by atoms with Crippen molar-refractivity contribution >= 4 is 54.1 Å². The molecule has 0 aliphatic rings. The van der Waals surface area contributed by atoms with Gasteiger partial charge in [-0.3, -0.25) is 0 Å². The lowest BCUT2D eigenvalue weighted by Crippen LogP contribution is -1.79. The van der Waals surface area contributed by atoms with Crippen molar-refractivity contribution in [1.82, 2.24) is 9.97 Å². The second-order valence-corrected chi connectivity index (χ2v) is 5.49. The van der Waals surface area contributed by atoms with Gasteiger partial charge in [-0.25, -0.2) is 9.97 Å². The van der Waals surface area contributed by atoms with Crippen LogP contribution in [-0.2, 0) is 12.8 Å². The van der Waals surface area contributed by atoms with Crippen molar-refractivity contribution in [3.63, 3.8) is 0 Å². The molecule has 0 aliphatic carbocycles. The molecule has 3 aromatic rings. The first-order valence-electron chi connectivity index (χ1n) is 5.71. The van der Waals surface area contributed by atoms with Crippen LogP contribution in [0.25, 0.3) is 22.2 Å². The largest absolute Gasteiger partial charge is 0.439 e. The van der Waals surface area contributed by atoms with Crippen LogP contribution in [0.3, 0.4) is 0 Å². The number of hydrogen-bond acceptors (Lipinski definition) is 4. The van der Waals surface area contributed by atoms with Gasteiger partial charge in [0.05, 0.1) is 8.95 Å². The maximum absolute atomic E-state index is 5.71. The molecule has 0 atom stereocenters. The lowest BCUT2D eigenvalue weighted by atomic mass is 10.3. The number of oxazole rings is 2. The van der Waals surface area contributed by atoms with E-state index in [2.05, 4.69) is 41.8 Å². The maximum atomic E-state index is 5.71. The zero-order valence-electron chi connectivity index (χ0n) is 9.88. The van der Waals surface area contributed by atoms with Gasteiger partial charge < -0.3 is 8.83 Å². The number of aryl methyl sites for hydroxylation is 2. The molecule has 4 nitrogen and oxygen atoms in total. The molecule has 18 heavy (non-hydrogen) atoms. The van der Waals surface area contributed by atoms with Crippen LogP contribution in [-0.4, -0.2) is 9.97 Å². The van der Waals surface area contributed by atoms with Crippen molar-refractivity contribution in [2.24, 2.45) is 0 Å². The van der Waals surface area contributed by atoms with E-state index in [4.69, 9.17) is 8.83 Å². The quantitative estimate of drug-likeness (QED) is 0.657. The average Bonchev–Trinajstić information content (AvgIpc) is 3.00. The predicted molar refractivity (Wildman–Crippen MR) is 75.7 cm³/mol. The minimum absolute atomic E-state index is 0.703. The molecule has 2 heterocycles. The standard InChI is InChI=1S/C12H10Br2N2O2/c1-3-5-15-9-7(13)12-10(8(14)11(9)17-5)16-6(4-2)18-12/h3-4H2,1-2H3. The third-order valence-corrected chi connectivity index (χ3v) is 4.23. The van der Waals surface area contributed by atoms with E-state index in [-0.39, 0.29) is 0 Å². The third-order valence-electron chi connectivity index (χ3n) is 2.76. The highest BCUT2D eigenvalue weighted by molar-refractivity contribution is 9.11. The van der Waals surface area contributed by atoms with E-state index in [0.717, 1.165) is 32.8 Å². The van der Waals surface area contributed by atoms with E-state index in [1.807, 2.05) is 13.8 Å². The highest BCUT2D eigenvalue weighted by Gasteiger charge is 2.21. The smallest absolute Gasteiger partial charge is 0.195 e. The molecule has 0 radical (unpaired) electrons. The van der Waals surface area contributed by atoms with E-state index in [1.165, 1.54) is 0 Å². The summed E-state index contributed by atoms with van der Waals surface area (Å²) in [5, 5.41) is 0. The monoisotopic (exact) mass is 372 g/mol. The summed E-state index contributed by atoms with van der Waals surface area (Å²) in [7, 11) is 0. The molecule has 94 valence electrons. The summed E-state index contributed by atoms with van der Waals surface area (Å²) >= 11 is 7.05. The van der Waals surface area contributed by atoms with Crippen LogP contribution in [0, 0.1) is 0 Å². The lowest BCUT2D eigenvalue weighted by molar-refractivity contribution is 0.536. The summed E-state index contributed by atoms with van der Waals surface area (Å²) in [5.41, 5.74) is 2.96. The zero-order valence-corrected chi connectivity index (χ0v) is 13.1. The van der Waals surface area contributed by atoms with Gasteiger partial charge in [0.1, 0.15) is 11.0 Å². The summed E-state index contributed by atoms with van der Waals surface area (Å²) in [6.07, 6.45) is 1.51. The molecule has 0 fully saturated rings. The lowest BCUT2D eigenvalue weighted by Gasteiger charge is -1.95. The van der Waals surface area contributed by atoms with E-state index in [1.54, 1.807) is 0 Å². The van der Waals surface area contributed by atoms with Gasteiger partial charge in [-0.2, -0.15) is 0 Å². The second-order valence-electron chi connectivity index (χ2n) is 3.91. The molecule has 6 heteroatoms. The highest BCUT2D eigenvalue weighted by atomic mass is 79.9. The van der Waals surface area contributed by atoms with Crippen LogP contribution in [0.2, 0.25) is 0 Å². The minimum atomic E-state index is 0.703. The summed E-state index contributed by atoms with van der Waals surface area (Å²) in [6, 6.07) is 0. The fourth-order valence-corrected chi connectivity index (χ4v) is 2.92. The van der Waals surface area contributed by atoms with Gasteiger partial charge in [-0.1, -0.05) is 13.8 Å². The Morgan fingerprint density at radius 3 is 1.56 bits per heavy atom. The number of nitrogens with zero attached hydrogens (tertiary/aromatic N) is 2. The molecule has 0 saturated carbocycles. The molecule has 0 bridgehead atoms. The number of benzene rings is 1. The number of hydrogen-bond donors (Lipinski definition) is 0. The molecule has 3 rings (SSSR count). The Morgan fingerprint density at radius 2 is 1.22 bits per heavy atom. The van der Waals surface area contributed by atoms with Crippen molar-refractivity contribution in [1.29, 1.82) is 0 Å². The minimum Gasteiger partial charge on any atom is -0.439 e. The zero-order chi connectivity index (χ0) is 12.9. The van der Waals surface area contributed by atoms with Crippen molar-refractivity contribution in [3.8, 4) is 0 Å². The van der Waals surface area contributed by atoms with Gasteiger partial charge in [-0.15, -0.1) is 0 Å². The Morgan fingerprint density at radius 1 is 0.833 bits per heavy atom. The molecule has 0 N–H and O–H groups in total. The van der Waals surface area contributed by atoms with Crippen LogP contribution < -0.4 is 0 Å². The van der Waals surface area contributed by atoms with Gasteiger partial charge in [0.2, 0.25) is 0 Å². The van der Waals surface area contributed by atoms with Crippen molar-refractivity contribution in [2.45, 2.75) is 26.7 Å². The first kappa shape index (κ1) is 12.2. The first-order valence-corrected chi connectivity index (χ1v) is 7.30. The summed E-state index contributed by atoms with van der Waals surface area (Å²) in [4.78, 5) is 8.89. The predicted octanol–water partition coefficient (Wildman–Crippen LogP) is 4.62. The van der Waals surface area contributed by atoms with Gasteiger partial charge in [0, 0.05) is 12.8 Å². The van der Waals surface area contributed by atoms with Crippen molar-refractivity contribution in [3.05, 3.63) is 20.7 Å². The molecule has 2 aromatic heterocycles. The van der Waals surface area contributed by atoms with E-state index in [9.17, 15) is 0 Å². The number of aromatic nitrogens is 2. The van der Waals surface area contributed by atoms with Crippen LogP contribution in [0.5, 0.6) is 0 Å². The summed E-state index contributed by atoms with van der Waals surface area (Å²) in [6.45, 7) is 4.01. The van der Waals surface area contributed by atoms with E-state index < -0.39 is 0 Å². The topological polar surface area (TPSA) is 52.1 Å². The van der Waals surface area contributed by atoms with Crippen LogP contribution in [0.4, 0.5) is 0 Å². The average molecular weight is 374 g/mol. The van der Waals surface area contributed by atoms with Crippen LogP contribution in [0.15, 0.2) is 17.8 Å². The third kappa shape index (κ3) is 1.62. The number of rotatable bonds is 2. The van der Waals surface area contributed by atoms with Crippen molar-refractivity contribution in [2.75, 3.05) is 0 Å². The molecule has 0 amide bonds. The van der Waals surface area contributed by atoms with Gasteiger partial charge in [0.25, 0.3) is 0 Å². The van der Waals surface area contributed by atoms with Gasteiger partial charge >= 0.3 is 0 Å². The first-order chi connectivity index (χ1) is 8.65. The molecular weight excluding hydrogens is 364 g/mol. The number of fused-ring (bicyclic) bond motifs is 2. The fourth-order valence-electron chi connectivity index (χ4n) is 1.84. The molecular formula is C12H10Br2N2O2. The molecule has 0 saturated heterocycles. The molecule has 0 unspecified atom stereocenters. The SMILES string of the molecule is CCc1nc2c(Br)c3oc(CC)nc3c(Br)c2o1. The Hall–Kier alpha value is -0.880. The highest BCUT2D eigenvalue weighted by Crippen LogP contribution is 2.39. The Bertz CT molecular complexity index is 629. The summed E-state index contributed by atoms with van der Waals surface area (Å²) < 4.78 is 13.0. The second kappa shape index (κ2) is 4.35. The normalized spacial score (nSPS) is 11.8. The van der Waals surface area contributed by atoms with Crippen molar-refractivity contribution < 1.29 is 8.83 Å². The Balaban J connectivity index is 2.46. The van der Waals surface area contributed by atoms with Gasteiger partial charge in [-0.05, 0) is 31.9 Å². The fraction of sp³-hybridized carbons (Fsp3) is 0.333. The van der Waals surface area contributed by atoms with Crippen LogP contribution in [0.1, 0.15) is 25.6 Å². The molecule has 0 aliphatic heterocycles. The van der Waals surface area contributed by atoms with E-state index >= 15 is 0 Å². The maximum Gasteiger partial charge on any atom is 0.195 e. The Labute approximate surface area is 120 Å². The Kier molecular flexibility index (Phi) is 2.94. The van der Waals surface area contributed by atoms with E-state index in [0.29, 0.717) is 22.9 Å². The van der Waals surface area contributed by atoms with Gasteiger partial charge in [0.15, 0.2) is 22.9 Å². The number of halogens is 2. The van der Waals surface area contributed by atoms with Crippen LogP contribution >= 0.6 is 31.9 Å².